The van der Waals surface area contributed by atoms with E-state index in [0.717, 1.165) is 5.56 Å². The van der Waals surface area contributed by atoms with Crippen LogP contribution in [0.4, 0.5) is 11.5 Å². The number of nitrogens with zero attached hydrogens (tertiary/aromatic N) is 1. The summed E-state index contributed by atoms with van der Waals surface area (Å²) in [7, 11) is 0. The fourth-order valence-corrected chi connectivity index (χ4v) is 2.07. The van der Waals surface area contributed by atoms with Crippen LogP contribution in [-0.2, 0) is 11.3 Å². The van der Waals surface area contributed by atoms with Crippen molar-refractivity contribution in [3.05, 3.63) is 52.1 Å². The second kappa shape index (κ2) is 7.29. The number of aromatic nitrogens is 1. The molecule has 0 bridgehead atoms. The van der Waals surface area contributed by atoms with Crippen LogP contribution in [0, 0.1) is 0 Å². The Labute approximate surface area is 133 Å². The van der Waals surface area contributed by atoms with Gasteiger partial charge in [0.25, 0.3) is 0 Å². The lowest BCUT2D eigenvalue weighted by Gasteiger charge is -2.09. The van der Waals surface area contributed by atoms with E-state index in [2.05, 4.69) is 15.6 Å². The van der Waals surface area contributed by atoms with Crippen LogP contribution in [0.2, 0.25) is 10.0 Å². The first-order valence-electron chi connectivity index (χ1n) is 6.52. The van der Waals surface area contributed by atoms with E-state index in [1.165, 1.54) is 0 Å². The third kappa shape index (κ3) is 4.62. The van der Waals surface area contributed by atoms with E-state index >= 15 is 0 Å². The van der Waals surface area contributed by atoms with E-state index in [1.54, 1.807) is 37.4 Å². The minimum atomic E-state index is -0.0387. The topological polar surface area (TPSA) is 54.0 Å². The molecule has 6 heteroatoms. The van der Waals surface area contributed by atoms with Gasteiger partial charge in [-0.2, -0.15) is 0 Å². The zero-order valence-corrected chi connectivity index (χ0v) is 13.0. The molecule has 1 amide bonds. The molecule has 2 rings (SSSR count). The molecule has 2 aromatic rings. The average molecular weight is 324 g/mol. The molecule has 0 radical (unpaired) electrons. The maximum absolute atomic E-state index is 11.3. The van der Waals surface area contributed by atoms with Crippen LogP contribution in [0.25, 0.3) is 0 Å². The van der Waals surface area contributed by atoms with Crippen LogP contribution in [0.5, 0.6) is 0 Å². The van der Waals surface area contributed by atoms with Crippen molar-refractivity contribution in [2.45, 2.75) is 19.9 Å². The maximum atomic E-state index is 11.3. The van der Waals surface area contributed by atoms with Crippen LogP contribution < -0.4 is 10.6 Å². The van der Waals surface area contributed by atoms with Gasteiger partial charge in [0.1, 0.15) is 5.82 Å². The average Bonchev–Trinajstić information content (AvgIpc) is 2.49. The third-order valence-electron chi connectivity index (χ3n) is 2.84. The maximum Gasteiger partial charge on any atom is 0.224 e. The highest BCUT2D eigenvalue weighted by Crippen LogP contribution is 2.21. The zero-order valence-electron chi connectivity index (χ0n) is 11.5. The third-order valence-corrected chi connectivity index (χ3v) is 3.44. The Bertz CT molecular complexity index is 629. The fraction of sp³-hybridized carbons (Fsp3) is 0.200. The van der Waals surface area contributed by atoms with Crippen molar-refractivity contribution in [2.75, 3.05) is 10.6 Å². The largest absolute Gasteiger partial charge is 0.366 e. The van der Waals surface area contributed by atoms with Crippen LogP contribution in [0.3, 0.4) is 0 Å². The van der Waals surface area contributed by atoms with Gasteiger partial charge >= 0.3 is 0 Å². The minimum Gasteiger partial charge on any atom is -0.366 e. The molecule has 21 heavy (non-hydrogen) atoms. The van der Waals surface area contributed by atoms with Gasteiger partial charge in [-0.15, -0.1) is 0 Å². The van der Waals surface area contributed by atoms with Crippen molar-refractivity contribution in [2.24, 2.45) is 0 Å². The van der Waals surface area contributed by atoms with Crippen molar-refractivity contribution in [1.29, 1.82) is 0 Å². The minimum absolute atomic E-state index is 0.0387. The number of halogens is 2. The molecule has 0 unspecified atom stereocenters. The van der Waals surface area contributed by atoms with Gasteiger partial charge in [0.05, 0.1) is 11.9 Å². The molecule has 1 aromatic carbocycles. The summed E-state index contributed by atoms with van der Waals surface area (Å²) in [5, 5.41) is 7.19. The van der Waals surface area contributed by atoms with Gasteiger partial charge in [-0.05, 0) is 35.9 Å². The van der Waals surface area contributed by atoms with Gasteiger partial charge in [-0.1, -0.05) is 30.1 Å². The summed E-state index contributed by atoms with van der Waals surface area (Å²) in [5.74, 6) is 0.656. The fourth-order valence-electron chi connectivity index (χ4n) is 1.69. The van der Waals surface area contributed by atoms with Crippen molar-refractivity contribution < 1.29 is 4.79 Å². The lowest BCUT2D eigenvalue weighted by Crippen LogP contribution is -2.10. The summed E-state index contributed by atoms with van der Waals surface area (Å²) in [6, 6.07) is 8.91. The molecule has 0 saturated heterocycles. The summed E-state index contributed by atoms with van der Waals surface area (Å²) in [6.45, 7) is 2.32. The Kier molecular flexibility index (Phi) is 5.42. The van der Waals surface area contributed by atoms with Crippen molar-refractivity contribution in [1.82, 2.24) is 4.98 Å². The number of nitrogens with one attached hydrogen (secondary N) is 2. The molecule has 0 fully saturated rings. The van der Waals surface area contributed by atoms with E-state index in [1.807, 2.05) is 6.07 Å². The summed E-state index contributed by atoms with van der Waals surface area (Å²) in [6.07, 6.45) is 2.04. The molecule has 1 aromatic heterocycles. The first kappa shape index (κ1) is 15.6. The van der Waals surface area contributed by atoms with E-state index in [9.17, 15) is 4.79 Å². The molecule has 0 spiro atoms. The molecule has 4 nitrogen and oxygen atoms in total. The number of carbonyl (C=O) groups excluding carboxylic acids is 1. The molecular weight excluding hydrogens is 309 g/mol. The number of carbonyl (C=O) groups is 1. The molecule has 0 aliphatic rings. The van der Waals surface area contributed by atoms with Gasteiger partial charge in [-0.3, -0.25) is 4.79 Å². The zero-order chi connectivity index (χ0) is 15.2. The first-order valence-corrected chi connectivity index (χ1v) is 7.27. The van der Waals surface area contributed by atoms with Crippen LogP contribution in [0.15, 0.2) is 36.5 Å². The molecule has 0 aliphatic carbocycles. The number of hydrogen-bond donors (Lipinski definition) is 2. The number of amides is 1. The van der Waals surface area contributed by atoms with E-state index < -0.39 is 0 Å². The van der Waals surface area contributed by atoms with E-state index in [0.29, 0.717) is 34.5 Å². The quantitative estimate of drug-likeness (QED) is 0.860. The predicted octanol–water partition coefficient (Wildman–Crippen LogP) is 4.35. The lowest BCUT2D eigenvalue weighted by molar-refractivity contribution is -0.115. The second-order valence-corrected chi connectivity index (χ2v) is 5.27. The second-order valence-electron chi connectivity index (χ2n) is 4.42. The van der Waals surface area contributed by atoms with Crippen LogP contribution >= 0.6 is 23.2 Å². The summed E-state index contributed by atoms with van der Waals surface area (Å²) < 4.78 is 0. The normalized spacial score (nSPS) is 10.2. The number of benzene rings is 1. The Morgan fingerprint density at radius 2 is 2.05 bits per heavy atom. The monoisotopic (exact) mass is 323 g/mol. The Morgan fingerprint density at radius 3 is 2.71 bits per heavy atom. The summed E-state index contributed by atoms with van der Waals surface area (Å²) in [5.41, 5.74) is 1.57. The van der Waals surface area contributed by atoms with Gasteiger partial charge < -0.3 is 10.6 Å². The highest BCUT2D eigenvalue weighted by atomic mass is 35.5. The highest BCUT2D eigenvalue weighted by Gasteiger charge is 2.03. The van der Waals surface area contributed by atoms with Gasteiger partial charge in [0.2, 0.25) is 5.91 Å². The Hall–Kier alpha value is -1.78. The summed E-state index contributed by atoms with van der Waals surface area (Å²) in [4.78, 5) is 15.5. The highest BCUT2D eigenvalue weighted by molar-refractivity contribution is 6.33. The molecule has 2 N–H and O–H groups in total. The predicted molar refractivity (Wildman–Crippen MR) is 86.9 cm³/mol. The molecule has 0 atom stereocenters. The van der Waals surface area contributed by atoms with Gasteiger partial charge in [0.15, 0.2) is 0 Å². The molecule has 110 valence electrons. The number of hydrogen-bond acceptors (Lipinski definition) is 3. The van der Waals surface area contributed by atoms with Gasteiger partial charge in [-0.25, -0.2) is 4.98 Å². The number of anilines is 2. The molecular formula is C15H15Cl2N3O. The van der Waals surface area contributed by atoms with Gasteiger partial charge in [0, 0.05) is 23.0 Å². The SMILES string of the molecule is CCC(=O)Nc1ccc(NCc2cc(Cl)ccc2Cl)nc1. The van der Waals surface area contributed by atoms with Crippen molar-refractivity contribution in [3.63, 3.8) is 0 Å². The Morgan fingerprint density at radius 1 is 1.24 bits per heavy atom. The van der Waals surface area contributed by atoms with E-state index in [-0.39, 0.29) is 5.91 Å². The van der Waals surface area contributed by atoms with Crippen molar-refractivity contribution in [3.8, 4) is 0 Å². The lowest BCUT2D eigenvalue weighted by atomic mass is 10.2. The molecule has 0 saturated carbocycles. The van der Waals surface area contributed by atoms with Crippen LogP contribution in [-0.4, -0.2) is 10.9 Å². The molecule has 0 aliphatic heterocycles. The Balaban J connectivity index is 1.97. The van der Waals surface area contributed by atoms with E-state index in [4.69, 9.17) is 23.2 Å². The number of rotatable bonds is 5. The standard InChI is InChI=1S/C15H15Cl2N3O/c1-2-15(21)20-12-4-6-14(19-9-12)18-8-10-7-11(16)3-5-13(10)17/h3-7,9H,2,8H2,1H3,(H,18,19)(H,20,21). The number of pyridine rings is 1. The first-order chi connectivity index (χ1) is 10.1. The molecule has 1 heterocycles. The van der Waals surface area contributed by atoms with Crippen LogP contribution in [0.1, 0.15) is 18.9 Å². The summed E-state index contributed by atoms with van der Waals surface area (Å²) >= 11 is 12.0. The smallest absolute Gasteiger partial charge is 0.224 e. The van der Waals surface area contributed by atoms with Crippen molar-refractivity contribution >= 4 is 40.6 Å².